The molecule has 4 heteroatoms. The van der Waals surface area contributed by atoms with Gasteiger partial charge in [-0.25, -0.2) is 0 Å². The van der Waals surface area contributed by atoms with E-state index in [-0.39, 0.29) is 0 Å². The normalized spacial score (nSPS) is 13.1. The summed E-state index contributed by atoms with van der Waals surface area (Å²) in [5.74, 6) is 1.62. The fraction of sp³-hybridized carbons (Fsp3) is 0.333. The van der Waals surface area contributed by atoms with Crippen molar-refractivity contribution in [3.63, 3.8) is 0 Å². The molecule has 0 aliphatic heterocycles. The zero-order valence-corrected chi connectivity index (χ0v) is 18.8. The predicted octanol–water partition coefficient (Wildman–Crippen LogP) is 4.89. The van der Waals surface area contributed by atoms with Crippen molar-refractivity contribution in [3.05, 3.63) is 95.6 Å². The molecule has 1 N–H and O–H groups in total. The molecule has 164 valence electrons. The van der Waals surface area contributed by atoms with Crippen LogP contribution in [0.2, 0.25) is 0 Å². The highest BCUT2D eigenvalue weighted by Gasteiger charge is 2.31. The van der Waals surface area contributed by atoms with Gasteiger partial charge in [-0.05, 0) is 54.0 Å². The molecule has 0 unspecified atom stereocenters. The standard InChI is InChI=1S/C27H33NO3/c1-4-28(5-2)19-20-31-26-17-13-24(14-18-26)27(29,23-9-7-6-8-10-23)21-22-11-15-25(30-3)16-12-22/h6-18,29H,4-5,19-21H2,1-3H3/t27-/m0/s1. The molecule has 0 fully saturated rings. The van der Waals surface area contributed by atoms with Gasteiger partial charge in [0, 0.05) is 13.0 Å². The van der Waals surface area contributed by atoms with Crippen LogP contribution in [0.15, 0.2) is 78.9 Å². The van der Waals surface area contributed by atoms with Gasteiger partial charge in [-0.3, -0.25) is 0 Å². The number of ether oxygens (including phenoxy) is 2. The van der Waals surface area contributed by atoms with Crippen molar-refractivity contribution < 1.29 is 14.6 Å². The van der Waals surface area contributed by atoms with Gasteiger partial charge in [0.15, 0.2) is 0 Å². The third kappa shape index (κ3) is 5.87. The number of nitrogens with zero attached hydrogens (tertiary/aromatic N) is 1. The molecule has 3 aromatic rings. The second kappa shape index (κ2) is 11.0. The van der Waals surface area contributed by atoms with Crippen LogP contribution in [0, 0.1) is 0 Å². The quantitative estimate of drug-likeness (QED) is 0.480. The molecule has 4 nitrogen and oxygen atoms in total. The number of hydrogen-bond donors (Lipinski definition) is 1. The van der Waals surface area contributed by atoms with Crippen molar-refractivity contribution >= 4 is 0 Å². The Hall–Kier alpha value is -2.82. The van der Waals surface area contributed by atoms with Gasteiger partial charge >= 0.3 is 0 Å². The Morgan fingerprint density at radius 1 is 0.774 bits per heavy atom. The topological polar surface area (TPSA) is 41.9 Å². The highest BCUT2D eigenvalue weighted by Crippen LogP contribution is 2.34. The minimum Gasteiger partial charge on any atom is -0.497 e. The summed E-state index contributed by atoms with van der Waals surface area (Å²) in [6, 6.07) is 25.5. The van der Waals surface area contributed by atoms with Crippen LogP contribution in [-0.2, 0) is 12.0 Å². The Morgan fingerprint density at radius 2 is 1.35 bits per heavy atom. The molecule has 0 bridgehead atoms. The van der Waals surface area contributed by atoms with E-state index in [1.165, 1.54) is 0 Å². The fourth-order valence-corrected chi connectivity index (χ4v) is 3.78. The van der Waals surface area contributed by atoms with E-state index in [9.17, 15) is 5.11 Å². The maximum Gasteiger partial charge on any atom is 0.119 e. The number of aliphatic hydroxyl groups is 1. The Balaban J connectivity index is 1.80. The van der Waals surface area contributed by atoms with Gasteiger partial charge in [0.05, 0.1) is 7.11 Å². The molecule has 0 radical (unpaired) electrons. The Bertz CT molecular complexity index is 905. The summed E-state index contributed by atoms with van der Waals surface area (Å²) in [7, 11) is 1.65. The number of hydrogen-bond acceptors (Lipinski definition) is 4. The molecule has 0 heterocycles. The largest absolute Gasteiger partial charge is 0.497 e. The molecule has 3 aromatic carbocycles. The average molecular weight is 420 g/mol. The zero-order chi connectivity index (χ0) is 22.1. The van der Waals surface area contributed by atoms with Crippen LogP contribution in [-0.4, -0.2) is 43.4 Å². The maximum atomic E-state index is 11.9. The first kappa shape index (κ1) is 22.9. The van der Waals surface area contributed by atoms with Crippen LogP contribution in [0.4, 0.5) is 0 Å². The molecule has 0 saturated heterocycles. The zero-order valence-electron chi connectivity index (χ0n) is 18.8. The molecule has 31 heavy (non-hydrogen) atoms. The molecule has 0 spiro atoms. The van der Waals surface area contributed by atoms with E-state index in [4.69, 9.17) is 9.47 Å². The van der Waals surface area contributed by atoms with Crippen LogP contribution in [0.5, 0.6) is 11.5 Å². The van der Waals surface area contributed by atoms with Gasteiger partial charge < -0.3 is 19.5 Å². The van der Waals surface area contributed by atoms with E-state index in [2.05, 4.69) is 18.7 Å². The van der Waals surface area contributed by atoms with E-state index in [0.29, 0.717) is 13.0 Å². The van der Waals surface area contributed by atoms with Gasteiger partial charge in [0.1, 0.15) is 23.7 Å². The van der Waals surface area contributed by atoms with Gasteiger partial charge in [-0.2, -0.15) is 0 Å². The smallest absolute Gasteiger partial charge is 0.119 e. The summed E-state index contributed by atoms with van der Waals surface area (Å²) in [5.41, 5.74) is 1.59. The maximum absolute atomic E-state index is 11.9. The number of likely N-dealkylation sites (N-methyl/N-ethyl adjacent to an activating group) is 1. The summed E-state index contributed by atoms with van der Waals surface area (Å²) in [6.07, 6.45) is 0.461. The first-order chi connectivity index (χ1) is 15.1. The van der Waals surface area contributed by atoms with E-state index in [0.717, 1.165) is 47.8 Å². The summed E-state index contributed by atoms with van der Waals surface area (Å²) < 4.78 is 11.2. The van der Waals surface area contributed by atoms with Crippen LogP contribution < -0.4 is 9.47 Å². The minimum absolute atomic E-state index is 0.461. The van der Waals surface area contributed by atoms with Crippen molar-refractivity contribution in [1.29, 1.82) is 0 Å². The van der Waals surface area contributed by atoms with Crippen LogP contribution in [0.1, 0.15) is 30.5 Å². The second-order valence-electron chi connectivity index (χ2n) is 7.65. The molecule has 1 atom stereocenters. The third-order valence-corrected chi connectivity index (χ3v) is 5.77. The SMILES string of the molecule is CCN(CC)CCOc1ccc([C@](O)(Cc2ccc(OC)cc2)c2ccccc2)cc1. The minimum atomic E-state index is -1.14. The fourth-order valence-electron chi connectivity index (χ4n) is 3.78. The lowest BCUT2D eigenvalue weighted by atomic mass is 9.81. The lowest BCUT2D eigenvalue weighted by Crippen LogP contribution is -2.30. The molecule has 0 aliphatic carbocycles. The summed E-state index contributed by atoms with van der Waals surface area (Å²) in [4.78, 5) is 2.33. The van der Waals surface area contributed by atoms with Crippen molar-refractivity contribution in [3.8, 4) is 11.5 Å². The monoisotopic (exact) mass is 419 g/mol. The first-order valence-electron chi connectivity index (χ1n) is 11.0. The molecule has 3 rings (SSSR count). The van der Waals surface area contributed by atoms with Gasteiger partial charge in [0.2, 0.25) is 0 Å². The van der Waals surface area contributed by atoms with Crippen molar-refractivity contribution in [2.24, 2.45) is 0 Å². The Kier molecular flexibility index (Phi) is 8.10. The highest BCUT2D eigenvalue weighted by molar-refractivity contribution is 5.41. The van der Waals surface area contributed by atoms with E-state index in [1.807, 2.05) is 78.9 Å². The predicted molar refractivity (Wildman–Crippen MR) is 126 cm³/mol. The van der Waals surface area contributed by atoms with E-state index >= 15 is 0 Å². The molecule has 0 aliphatic rings. The van der Waals surface area contributed by atoms with Gasteiger partial charge in [-0.15, -0.1) is 0 Å². The molecule has 0 saturated carbocycles. The average Bonchev–Trinajstić information content (AvgIpc) is 2.83. The van der Waals surface area contributed by atoms with Crippen LogP contribution in [0.3, 0.4) is 0 Å². The van der Waals surface area contributed by atoms with Gasteiger partial charge in [-0.1, -0.05) is 68.4 Å². The van der Waals surface area contributed by atoms with Gasteiger partial charge in [0.25, 0.3) is 0 Å². The molecular weight excluding hydrogens is 386 g/mol. The van der Waals surface area contributed by atoms with Crippen LogP contribution >= 0.6 is 0 Å². The number of benzene rings is 3. The van der Waals surface area contributed by atoms with E-state index < -0.39 is 5.60 Å². The highest BCUT2D eigenvalue weighted by atomic mass is 16.5. The summed E-state index contributed by atoms with van der Waals surface area (Å²) in [6.45, 7) is 7.91. The Morgan fingerprint density at radius 3 is 1.94 bits per heavy atom. The first-order valence-corrected chi connectivity index (χ1v) is 11.0. The number of methoxy groups -OCH3 is 1. The van der Waals surface area contributed by atoms with Crippen LogP contribution in [0.25, 0.3) is 0 Å². The summed E-state index contributed by atoms with van der Waals surface area (Å²) in [5, 5.41) is 11.9. The second-order valence-corrected chi connectivity index (χ2v) is 7.65. The lowest BCUT2D eigenvalue weighted by Gasteiger charge is -2.30. The Labute approximate surface area is 186 Å². The number of rotatable bonds is 11. The molecule has 0 amide bonds. The van der Waals surface area contributed by atoms with Crippen molar-refractivity contribution in [2.75, 3.05) is 33.4 Å². The molecule has 0 aromatic heterocycles. The third-order valence-electron chi connectivity index (χ3n) is 5.77. The van der Waals surface area contributed by atoms with E-state index in [1.54, 1.807) is 7.11 Å². The van der Waals surface area contributed by atoms with Crippen molar-refractivity contribution in [2.45, 2.75) is 25.9 Å². The summed E-state index contributed by atoms with van der Waals surface area (Å²) >= 11 is 0. The van der Waals surface area contributed by atoms with Crippen molar-refractivity contribution in [1.82, 2.24) is 4.90 Å². The lowest BCUT2D eigenvalue weighted by molar-refractivity contribution is 0.0810. The molecular formula is C27H33NO3.